The lowest BCUT2D eigenvalue weighted by Crippen LogP contribution is -1.98. The lowest BCUT2D eigenvalue weighted by molar-refractivity contribution is 1.01. The van der Waals surface area contributed by atoms with Crippen LogP contribution in [0.4, 0.5) is 5.82 Å². The molecule has 0 spiro atoms. The van der Waals surface area contributed by atoms with Gasteiger partial charge in [-0.2, -0.15) is 0 Å². The second kappa shape index (κ2) is 4.10. The van der Waals surface area contributed by atoms with Gasteiger partial charge in [0.05, 0.1) is 6.20 Å². The van der Waals surface area contributed by atoms with E-state index >= 15 is 0 Å². The smallest absolute Gasteiger partial charge is 0.171 e. The van der Waals surface area contributed by atoms with Gasteiger partial charge in [-0.25, -0.2) is 15.0 Å². The minimum Gasteiger partial charge on any atom is -0.372 e. The molecule has 3 heterocycles. The number of hydrogen-bond donors (Lipinski definition) is 2. The molecule has 0 bridgehead atoms. The summed E-state index contributed by atoms with van der Waals surface area (Å²) >= 11 is 1.46. The van der Waals surface area contributed by atoms with Crippen molar-refractivity contribution in [3.63, 3.8) is 0 Å². The van der Waals surface area contributed by atoms with Crippen LogP contribution in [-0.2, 0) is 0 Å². The number of H-pyrrole nitrogens is 1. The summed E-state index contributed by atoms with van der Waals surface area (Å²) in [7, 11) is 1.84. The highest BCUT2D eigenvalue weighted by atomic mass is 32.2. The van der Waals surface area contributed by atoms with Gasteiger partial charge in [0.25, 0.3) is 0 Å². The van der Waals surface area contributed by atoms with E-state index < -0.39 is 0 Å². The molecular formula is C10H10N6S. The fourth-order valence-corrected chi connectivity index (χ4v) is 2.31. The Morgan fingerprint density at radius 1 is 1.35 bits per heavy atom. The molecule has 0 aromatic carbocycles. The van der Waals surface area contributed by atoms with Gasteiger partial charge >= 0.3 is 0 Å². The zero-order valence-electron chi connectivity index (χ0n) is 9.08. The van der Waals surface area contributed by atoms with E-state index in [4.69, 9.17) is 0 Å². The van der Waals surface area contributed by atoms with Crippen molar-refractivity contribution in [2.24, 2.45) is 0 Å². The predicted octanol–water partition coefficient (Wildman–Crippen LogP) is 1.65. The van der Waals surface area contributed by atoms with Crippen molar-refractivity contribution in [3.05, 3.63) is 31.0 Å². The molecule has 0 aliphatic rings. The van der Waals surface area contributed by atoms with Gasteiger partial charge in [-0.05, 0) is 11.8 Å². The minimum atomic E-state index is 0.796. The number of aromatic nitrogens is 5. The van der Waals surface area contributed by atoms with Crippen LogP contribution in [0.2, 0.25) is 0 Å². The van der Waals surface area contributed by atoms with Crippen LogP contribution in [0.3, 0.4) is 0 Å². The van der Waals surface area contributed by atoms with E-state index in [2.05, 4.69) is 25.3 Å². The third-order valence-electron chi connectivity index (χ3n) is 2.27. The summed E-state index contributed by atoms with van der Waals surface area (Å²) in [4.78, 5) is 16.0. The van der Waals surface area contributed by atoms with E-state index in [1.165, 1.54) is 11.8 Å². The van der Waals surface area contributed by atoms with Gasteiger partial charge in [-0.3, -0.25) is 0 Å². The van der Waals surface area contributed by atoms with E-state index in [1.54, 1.807) is 18.6 Å². The minimum absolute atomic E-state index is 0.796. The highest BCUT2D eigenvalue weighted by Crippen LogP contribution is 2.27. The molecule has 0 saturated carbocycles. The Morgan fingerprint density at radius 3 is 3.06 bits per heavy atom. The van der Waals surface area contributed by atoms with Crippen molar-refractivity contribution in [1.29, 1.82) is 0 Å². The Morgan fingerprint density at radius 2 is 2.29 bits per heavy atom. The molecule has 3 rings (SSSR count). The van der Waals surface area contributed by atoms with E-state index in [0.29, 0.717) is 0 Å². The molecule has 7 heteroatoms. The number of nitrogens with one attached hydrogen (secondary N) is 2. The number of anilines is 1. The molecule has 86 valence electrons. The van der Waals surface area contributed by atoms with Gasteiger partial charge in [0, 0.05) is 31.8 Å². The molecule has 0 atom stereocenters. The molecule has 17 heavy (non-hydrogen) atoms. The molecule has 0 saturated heterocycles. The highest BCUT2D eigenvalue weighted by Gasteiger charge is 2.09. The zero-order valence-corrected chi connectivity index (χ0v) is 9.90. The third-order valence-corrected chi connectivity index (χ3v) is 3.15. The van der Waals surface area contributed by atoms with Crippen LogP contribution in [0.1, 0.15) is 0 Å². The molecule has 3 aromatic heterocycles. The quantitative estimate of drug-likeness (QED) is 0.735. The first-order chi connectivity index (χ1) is 8.36. The molecule has 6 nitrogen and oxygen atoms in total. The molecule has 0 aliphatic carbocycles. The number of imidazole rings is 2. The Hall–Kier alpha value is -2.02. The lowest BCUT2D eigenvalue weighted by atomic mass is 10.6. The summed E-state index contributed by atoms with van der Waals surface area (Å²) in [5.41, 5.74) is 0.824. The summed E-state index contributed by atoms with van der Waals surface area (Å²) in [5.74, 6) is 0.796. The monoisotopic (exact) mass is 246 g/mol. The third kappa shape index (κ3) is 1.84. The maximum Gasteiger partial charge on any atom is 0.171 e. The molecule has 2 N–H and O–H groups in total. The maximum atomic E-state index is 4.47. The highest BCUT2D eigenvalue weighted by molar-refractivity contribution is 7.99. The standard InChI is InChI=1S/C10H10N6S/c1-11-7-6-16-5-4-12-8(16)9(15-7)17-10-13-2-3-14-10/h2-6,11H,1H3,(H,13,14). The average Bonchev–Trinajstić information content (AvgIpc) is 2.98. The fraction of sp³-hybridized carbons (Fsp3) is 0.100. The van der Waals surface area contributed by atoms with Gasteiger partial charge < -0.3 is 14.7 Å². The topological polar surface area (TPSA) is 70.9 Å². The van der Waals surface area contributed by atoms with Crippen LogP contribution in [0.5, 0.6) is 0 Å². The first kappa shape index (κ1) is 10.2. The van der Waals surface area contributed by atoms with E-state index in [1.807, 2.05) is 23.8 Å². The van der Waals surface area contributed by atoms with Gasteiger partial charge in [0.15, 0.2) is 10.8 Å². The van der Waals surface area contributed by atoms with E-state index in [-0.39, 0.29) is 0 Å². The van der Waals surface area contributed by atoms with E-state index in [9.17, 15) is 0 Å². The summed E-state index contributed by atoms with van der Waals surface area (Å²) in [6.07, 6.45) is 9.04. The van der Waals surface area contributed by atoms with Crippen molar-refractivity contribution < 1.29 is 0 Å². The maximum absolute atomic E-state index is 4.47. The largest absolute Gasteiger partial charge is 0.372 e. The van der Waals surface area contributed by atoms with Crippen molar-refractivity contribution in [1.82, 2.24) is 24.3 Å². The summed E-state index contributed by atoms with van der Waals surface area (Å²) in [5, 5.41) is 4.64. The van der Waals surface area contributed by atoms with Crippen LogP contribution in [0.15, 0.2) is 41.2 Å². The van der Waals surface area contributed by atoms with Crippen LogP contribution in [-0.4, -0.2) is 31.4 Å². The first-order valence-corrected chi connectivity index (χ1v) is 5.87. The Bertz CT molecular complexity index is 629. The van der Waals surface area contributed by atoms with Gasteiger partial charge in [-0.15, -0.1) is 0 Å². The normalized spacial score (nSPS) is 10.9. The van der Waals surface area contributed by atoms with Crippen LogP contribution in [0, 0.1) is 0 Å². The van der Waals surface area contributed by atoms with Gasteiger partial charge in [0.1, 0.15) is 10.8 Å². The van der Waals surface area contributed by atoms with E-state index in [0.717, 1.165) is 21.6 Å². The summed E-state index contributed by atoms with van der Waals surface area (Å²) < 4.78 is 1.93. The van der Waals surface area contributed by atoms with Crippen molar-refractivity contribution in [2.45, 2.75) is 10.2 Å². The van der Waals surface area contributed by atoms with Crippen molar-refractivity contribution >= 4 is 23.2 Å². The second-order valence-electron chi connectivity index (χ2n) is 3.34. The molecule has 3 aromatic rings. The number of aromatic amines is 1. The Balaban J connectivity index is 2.10. The SMILES string of the molecule is CNc1cn2ccnc2c(Sc2ncc[nH]2)n1. The summed E-state index contributed by atoms with van der Waals surface area (Å²) in [6.45, 7) is 0. The number of nitrogens with zero attached hydrogens (tertiary/aromatic N) is 4. The first-order valence-electron chi connectivity index (χ1n) is 5.05. The van der Waals surface area contributed by atoms with Gasteiger partial charge in [-0.1, -0.05) is 0 Å². The van der Waals surface area contributed by atoms with Crippen LogP contribution < -0.4 is 5.32 Å². The van der Waals surface area contributed by atoms with Crippen LogP contribution >= 0.6 is 11.8 Å². The fourth-order valence-electron chi connectivity index (χ4n) is 1.49. The zero-order chi connectivity index (χ0) is 11.7. The Labute approximate surface area is 102 Å². The molecule has 0 fully saturated rings. The summed E-state index contributed by atoms with van der Waals surface area (Å²) in [6, 6.07) is 0. The molecular weight excluding hydrogens is 236 g/mol. The number of rotatable bonds is 3. The average molecular weight is 246 g/mol. The van der Waals surface area contributed by atoms with Crippen molar-refractivity contribution in [2.75, 3.05) is 12.4 Å². The molecule has 0 amide bonds. The molecule has 0 unspecified atom stereocenters. The van der Waals surface area contributed by atoms with Crippen LogP contribution in [0.25, 0.3) is 5.65 Å². The van der Waals surface area contributed by atoms with Gasteiger partial charge in [0.2, 0.25) is 0 Å². The number of hydrogen-bond acceptors (Lipinski definition) is 5. The Kier molecular flexibility index (Phi) is 2.45. The number of fused-ring (bicyclic) bond motifs is 1. The second-order valence-corrected chi connectivity index (χ2v) is 4.31. The lowest BCUT2D eigenvalue weighted by Gasteiger charge is -2.04. The molecule has 0 aliphatic heterocycles. The van der Waals surface area contributed by atoms with Crippen molar-refractivity contribution in [3.8, 4) is 0 Å². The molecule has 0 radical (unpaired) electrons. The predicted molar refractivity (Wildman–Crippen MR) is 65.2 cm³/mol.